The molecule has 0 saturated heterocycles. The van der Waals surface area contributed by atoms with E-state index in [1.165, 1.54) is 0 Å². The lowest BCUT2D eigenvalue weighted by Crippen LogP contribution is -2.46. The first-order valence-corrected chi connectivity index (χ1v) is 6.18. The predicted molar refractivity (Wildman–Crippen MR) is 70.8 cm³/mol. The minimum Gasteiger partial charge on any atom is -0.383 e. The molecule has 0 aliphatic rings. The van der Waals surface area contributed by atoms with Gasteiger partial charge >= 0.3 is 0 Å². The molecule has 16 heavy (non-hydrogen) atoms. The average molecular weight is 248 g/mol. The normalized spacial score (nSPS) is 12.2. The Kier molecular flexibility index (Phi) is 9.57. The minimum atomic E-state index is 0.235. The first-order chi connectivity index (χ1) is 7.65. The summed E-state index contributed by atoms with van der Waals surface area (Å²) < 4.78 is 10.4. The number of rotatable bonds is 8. The Bertz CT molecular complexity index is 191. The van der Waals surface area contributed by atoms with E-state index in [-0.39, 0.29) is 6.04 Å². The van der Waals surface area contributed by atoms with Gasteiger partial charge in [-0.1, -0.05) is 0 Å². The van der Waals surface area contributed by atoms with Gasteiger partial charge in [-0.05, 0) is 33.0 Å². The van der Waals surface area contributed by atoms with Crippen molar-refractivity contribution in [2.45, 2.75) is 26.8 Å². The second-order valence-corrected chi connectivity index (χ2v) is 3.97. The van der Waals surface area contributed by atoms with Crippen LogP contribution in [0.25, 0.3) is 0 Å². The number of methoxy groups -OCH3 is 1. The van der Waals surface area contributed by atoms with Crippen LogP contribution in [0.15, 0.2) is 0 Å². The summed E-state index contributed by atoms with van der Waals surface area (Å²) in [6.45, 7) is 9.96. The van der Waals surface area contributed by atoms with Gasteiger partial charge in [0.1, 0.15) is 0 Å². The average Bonchev–Trinajstić information content (AvgIpc) is 2.24. The Balaban J connectivity index is 3.90. The molecule has 0 radical (unpaired) electrons. The molecular formula is C11H24N2O2S. The third kappa shape index (κ3) is 6.98. The van der Waals surface area contributed by atoms with E-state index in [4.69, 9.17) is 21.7 Å². The maximum Gasteiger partial charge on any atom is 0.169 e. The molecule has 1 unspecified atom stereocenters. The Hall–Kier alpha value is -0.390. The van der Waals surface area contributed by atoms with Crippen molar-refractivity contribution in [1.82, 2.24) is 10.2 Å². The highest BCUT2D eigenvalue weighted by Gasteiger charge is 2.09. The lowest BCUT2D eigenvalue weighted by molar-refractivity contribution is 0.132. The molecule has 0 bridgehead atoms. The summed E-state index contributed by atoms with van der Waals surface area (Å²) in [5.41, 5.74) is 0. The van der Waals surface area contributed by atoms with Crippen LogP contribution in [0.4, 0.5) is 0 Å². The maximum absolute atomic E-state index is 5.32. The van der Waals surface area contributed by atoms with Gasteiger partial charge in [0.15, 0.2) is 5.11 Å². The molecule has 4 nitrogen and oxygen atoms in total. The van der Waals surface area contributed by atoms with Crippen molar-refractivity contribution in [2.75, 3.05) is 40.0 Å². The van der Waals surface area contributed by atoms with Gasteiger partial charge in [0.05, 0.1) is 13.2 Å². The molecule has 5 heteroatoms. The van der Waals surface area contributed by atoms with Gasteiger partial charge < -0.3 is 19.7 Å². The van der Waals surface area contributed by atoms with Crippen molar-refractivity contribution >= 4 is 17.3 Å². The molecule has 0 fully saturated rings. The molecule has 96 valence electrons. The van der Waals surface area contributed by atoms with E-state index in [0.29, 0.717) is 13.2 Å². The van der Waals surface area contributed by atoms with Crippen LogP contribution in [-0.4, -0.2) is 56.1 Å². The van der Waals surface area contributed by atoms with Crippen LogP contribution in [0.3, 0.4) is 0 Å². The topological polar surface area (TPSA) is 33.7 Å². The summed E-state index contributed by atoms with van der Waals surface area (Å²) in [4.78, 5) is 2.09. The molecule has 0 aromatic rings. The second-order valence-electron chi connectivity index (χ2n) is 3.58. The van der Waals surface area contributed by atoms with Crippen molar-refractivity contribution in [3.8, 4) is 0 Å². The van der Waals surface area contributed by atoms with E-state index in [2.05, 4.69) is 17.1 Å². The molecule has 1 N–H and O–H groups in total. The lowest BCUT2D eigenvalue weighted by atomic mass is 10.4. The first-order valence-electron chi connectivity index (χ1n) is 5.77. The minimum absolute atomic E-state index is 0.235. The lowest BCUT2D eigenvalue weighted by Gasteiger charge is -2.26. The zero-order valence-electron chi connectivity index (χ0n) is 10.8. The quantitative estimate of drug-likeness (QED) is 0.516. The SMILES string of the molecule is CCOCCN(CC)C(=S)NC(C)COC. The summed E-state index contributed by atoms with van der Waals surface area (Å²) in [5, 5.41) is 4.01. The molecular weight excluding hydrogens is 224 g/mol. The largest absolute Gasteiger partial charge is 0.383 e. The van der Waals surface area contributed by atoms with Gasteiger partial charge in [-0.2, -0.15) is 0 Å². The van der Waals surface area contributed by atoms with E-state index >= 15 is 0 Å². The van der Waals surface area contributed by atoms with E-state index in [1.807, 2.05) is 13.8 Å². The van der Waals surface area contributed by atoms with Crippen LogP contribution in [0.2, 0.25) is 0 Å². The van der Waals surface area contributed by atoms with Gasteiger partial charge in [-0.3, -0.25) is 0 Å². The Morgan fingerprint density at radius 1 is 1.44 bits per heavy atom. The smallest absolute Gasteiger partial charge is 0.169 e. The summed E-state index contributed by atoms with van der Waals surface area (Å²) >= 11 is 5.32. The van der Waals surface area contributed by atoms with Crippen molar-refractivity contribution in [1.29, 1.82) is 0 Å². The summed E-state index contributed by atoms with van der Waals surface area (Å²) in [6, 6.07) is 0.235. The molecule has 0 amide bonds. The van der Waals surface area contributed by atoms with Crippen LogP contribution in [0, 0.1) is 0 Å². The second kappa shape index (κ2) is 9.81. The Labute approximate surface area is 104 Å². The highest BCUT2D eigenvalue weighted by molar-refractivity contribution is 7.80. The van der Waals surface area contributed by atoms with Crippen LogP contribution >= 0.6 is 12.2 Å². The van der Waals surface area contributed by atoms with Crippen LogP contribution in [0.5, 0.6) is 0 Å². The molecule has 0 aliphatic heterocycles. The maximum atomic E-state index is 5.32. The monoisotopic (exact) mass is 248 g/mol. The highest BCUT2D eigenvalue weighted by Crippen LogP contribution is 1.93. The summed E-state index contributed by atoms with van der Waals surface area (Å²) in [5.74, 6) is 0. The van der Waals surface area contributed by atoms with Crippen LogP contribution in [-0.2, 0) is 9.47 Å². The number of nitrogens with zero attached hydrogens (tertiary/aromatic N) is 1. The van der Waals surface area contributed by atoms with Crippen LogP contribution in [0.1, 0.15) is 20.8 Å². The van der Waals surface area contributed by atoms with E-state index in [0.717, 1.165) is 24.8 Å². The molecule has 0 aliphatic carbocycles. The zero-order chi connectivity index (χ0) is 12.4. The molecule has 0 aromatic heterocycles. The number of ether oxygens (including phenoxy) is 2. The molecule has 1 atom stereocenters. The van der Waals surface area contributed by atoms with E-state index in [9.17, 15) is 0 Å². The number of thiocarbonyl (C=S) groups is 1. The first kappa shape index (κ1) is 15.6. The highest BCUT2D eigenvalue weighted by atomic mass is 32.1. The third-order valence-electron chi connectivity index (χ3n) is 2.17. The number of likely N-dealkylation sites (N-methyl/N-ethyl adjacent to an activating group) is 1. The van der Waals surface area contributed by atoms with Crippen molar-refractivity contribution in [2.24, 2.45) is 0 Å². The number of hydrogen-bond acceptors (Lipinski definition) is 3. The van der Waals surface area contributed by atoms with Gasteiger partial charge in [0, 0.05) is 32.8 Å². The van der Waals surface area contributed by atoms with Crippen molar-refractivity contribution in [3.63, 3.8) is 0 Å². The van der Waals surface area contributed by atoms with E-state index in [1.54, 1.807) is 7.11 Å². The fourth-order valence-corrected chi connectivity index (χ4v) is 1.74. The molecule has 0 aromatic carbocycles. The standard InChI is InChI=1S/C11H24N2O2S/c1-5-13(7-8-15-6-2)11(16)12-10(3)9-14-4/h10H,5-9H2,1-4H3,(H,12,16). The van der Waals surface area contributed by atoms with Gasteiger partial charge in [-0.15, -0.1) is 0 Å². The molecule has 0 saturated carbocycles. The van der Waals surface area contributed by atoms with Gasteiger partial charge in [-0.25, -0.2) is 0 Å². The Morgan fingerprint density at radius 2 is 2.12 bits per heavy atom. The van der Waals surface area contributed by atoms with Gasteiger partial charge in [0.2, 0.25) is 0 Å². The molecule has 0 heterocycles. The Morgan fingerprint density at radius 3 is 2.62 bits per heavy atom. The van der Waals surface area contributed by atoms with Crippen LogP contribution < -0.4 is 5.32 Å². The fourth-order valence-electron chi connectivity index (χ4n) is 1.32. The van der Waals surface area contributed by atoms with E-state index < -0.39 is 0 Å². The number of hydrogen-bond donors (Lipinski definition) is 1. The third-order valence-corrected chi connectivity index (χ3v) is 2.54. The van der Waals surface area contributed by atoms with Crippen molar-refractivity contribution in [3.05, 3.63) is 0 Å². The van der Waals surface area contributed by atoms with Crippen molar-refractivity contribution < 1.29 is 9.47 Å². The fraction of sp³-hybridized carbons (Fsp3) is 0.909. The molecule has 0 spiro atoms. The summed E-state index contributed by atoms with van der Waals surface area (Å²) in [7, 11) is 1.69. The zero-order valence-corrected chi connectivity index (χ0v) is 11.6. The molecule has 0 rings (SSSR count). The predicted octanol–water partition coefficient (Wildman–Crippen LogP) is 1.25. The summed E-state index contributed by atoms with van der Waals surface area (Å²) in [6.07, 6.45) is 0. The number of nitrogens with one attached hydrogen (secondary N) is 1. The van der Waals surface area contributed by atoms with Gasteiger partial charge in [0.25, 0.3) is 0 Å².